The fourth-order valence-electron chi connectivity index (χ4n) is 4.83. The summed E-state index contributed by atoms with van der Waals surface area (Å²) in [6.45, 7) is 2.54. The highest BCUT2D eigenvalue weighted by molar-refractivity contribution is 5.95. The van der Waals surface area contributed by atoms with E-state index in [1.165, 1.54) is 17.6 Å². The third-order valence-corrected chi connectivity index (χ3v) is 6.53. The molecule has 1 saturated carbocycles. The SMILES string of the molecule is CCN(C(=O)COC(=O)[C@H]1Cc2ccccc2CN1C(=O)c1ccco1)C1CCCCC1. The topological polar surface area (TPSA) is 80.1 Å². The van der Waals surface area contributed by atoms with E-state index in [4.69, 9.17) is 9.15 Å². The predicted molar refractivity (Wildman–Crippen MR) is 118 cm³/mol. The van der Waals surface area contributed by atoms with Gasteiger partial charge in [-0.3, -0.25) is 9.59 Å². The highest BCUT2D eigenvalue weighted by atomic mass is 16.5. The minimum Gasteiger partial charge on any atom is -0.459 e. The zero-order valence-electron chi connectivity index (χ0n) is 18.5. The van der Waals surface area contributed by atoms with E-state index >= 15 is 0 Å². The number of amides is 2. The first-order valence-electron chi connectivity index (χ1n) is 11.5. The van der Waals surface area contributed by atoms with Crippen molar-refractivity contribution in [3.63, 3.8) is 0 Å². The van der Waals surface area contributed by atoms with Crippen LogP contribution in [-0.2, 0) is 27.3 Å². The Morgan fingerprint density at radius 1 is 1.06 bits per heavy atom. The Bertz CT molecular complexity index is 949. The van der Waals surface area contributed by atoms with Gasteiger partial charge in [-0.2, -0.15) is 0 Å². The van der Waals surface area contributed by atoms with Crippen LogP contribution < -0.4 is 0 Å². The fraction of sp³-hybridized carbons (Fsp3) is 0.480. The summed E-state index contributed by atoms with van der Waals surface area (Å²) < 4.78 is 10.7. The van der Waals surface area contributed by atoms with Gasteiger partial charge in [0.25, 0.3) is 11.8 Å². The molecule has 0 saturated heterocycles. The van der Waals surface area contributed by atoms with Crippen LogP contribution in [0, 0.1) is 0 Å². The van der Waals surface area contributed by atoms with Crippen LogP contribution in [0.5, 0.6) is 0 Å². The van der Waals surface area contributed by atoms with Crippen molar-refractivity contribution in [2.75, 3.05) is 13.2 Å². The summed E-state index contributed by atoms with van der Waals surface area (Å²) in [6, 6.07) is 10.4. The van der Waals surface area contributed by atoms with Crippen molar-refractivity contribution in [2.24, 2.45) is 0 Å². The molecule has 0 radical (unpaired) electrons. The number of carbonyl (C=O) groups excluding carboxylic acids is 3. The molecule has 0 unspecified atom stereocenters. The van der Waals surface area contributed by atoms with E-state index in [1.54, 1.807) is 12.1 Å². The number of nitrogens with zero attached hydrogens (tertiary/aromatic N) is 2. The predicted octanol–water partition coefficient (Wildman–Crippen LogP) is 3.57. The standard InChI is InChI=1S/C25H30N2O5/c1-2-26(20-11-4-3-5-12-20)23(28)17-32-25(30)21-15-18-9-6-7-10-19(18)16-27(21)24(29)22-13-8-14-31-22/h6-10,13-14,20-21H,2-5,11-12,15-17H2,1H3/t21-/m1/s1. The van der Waals surface area contributed by atoms with Crippen molar-refractivity contribution in [1.82, 2.24) is 9.80 Å². The van der Waals surface area contributed by atoms with E-state index in [9.17, 15) is 14.4 Å². The first kappa shape index (κ1) is 22.1. The van der Waals surface area contributed by atoms with E-state index in [0.29, 0.717) is 13.0 Å². The molecular weight excluding hydrogens is 408 g/mol. The van der Waals surface area contributed by atoms with Gasteiger partial charge in [0.05, 0.1) is 6.26 Å². The van der Waals surface area contributed by atoms with Crippen molar-refractivity contribution >= 4 is 17.8 Å². The average Bonchev–Trinajstić information content (AvgIpc) is 3.37. The van der Waals surface area contributed by atoms with Gasteiger partial charge in [-0.1, -0.05) is 43.5 Å². The second-order valence-electron chi connectivity index (χ2n) is 8.48. The number of hydrogen-bond acceptors (Lipinski definition) is 5. The lowest BCUT2D eigenvalue weighted by molar-refractivity contribution is -0.157. The molecule has 1 aliphatic carbocycles. The van der Waals surface area contributed by atoms with E-state index in [2.05, 4.69) is 0 Å². The van der Waals surface area contributed by atoms with Gasteiger partial charge in [-0.25, -0.2) is 4.79 Å². The molecule has 2 heterocycles. The quantitative estimate of drug-likeness (QED) is 0.644. The summed E-state index contributed by atoms with van der Waals surface area (Å²) >= 11 is 0. The minimum absolute atomic E-state index is 0.173. The van der Waals surface area contributed by atoms with Crippen LogP contribution in [-0.4, -0.2) is 52.8 Å². The third-order valence-electron chi connectivity index (χ3n) is 6.53. The van der Waals surface area contributed by atoms with Crippen LogP contribution in [0.3, 0.4) is 0 Å². The lowest BCUT2D eigenvalue weighted by atomic mass is 9.93. The maximum atomic E-state index is 13.1. The molecule has 0 N–H and O–H groups in total. The molecule has 170 valence electrons. The van der Waals surface area contributed by atoms with Crippen LogP contribution in [0.2, 0.25) is 0 Å². The van der Waals surface area contributed by atoms with Crippen LogP contribution >= 0.6 is 0 Å². The largest absolute Gasteiger partial charge is 0.459 e. The van der Waals surface area contributed by atoms with Crippen LogP contribution in [0.15, 0.2) is 47.1 Å². The van der Waals surface area contributed by atoms with Gasteiger partial charge >= 0.3 is 5.97 Å². The smallest absolute Gasteiger partial charge is 0.329 e. The zero-order valence-corrected chi connectivity index (χ0v) is 18.5. The molecule has 2 amide bonds. The number of rotatable bonds is 6. The number of ether oxygens (including phenoxy) is 1. The number of hydrogen-bond donors (Lipinski definition) is 0. The van der Waals surface area contributed by atoms with Crippen molar-refractivity contribution < 1.29 is 23.5 Å². The molecule has 1 atom stereocenters. The number of esters is 1. The van der Waals surface area contributed by atoms with Crippen molar-refractivity contribution in [3.8, 4) is 0 Å². The Morgan fingerprint density at radius 2 is 1.81 bits per heavy atom. The van der Waals surface area contributed by atoms with E-state index < -0.39 is 12.0 Å². The Labute approximate surface area is 188 Å². The van der Waals surface area contributed by atoms with Crippen molar-refractivity contribution in [3.05, 3.63) is 59.5 Å². The van der Waals surface area contributed by atoms with E-state index in [-0.39, 0.29) is 36.8 Å². The highest BCUT2D eigenvalue weighted by Crippen LogP contribution is 2.26. The highest BCUT2D eigenvalue weighted by Gasteiger charge is 2.37. The number of furan rings is 1. The summed E-state index contributed by atoms with van der Waals surface area (Å²) in [5.74, 6) is -0.928. The number of benzene rings is 1. The molecule has 0 spiro atoms. The Morgan fingerprint density at radius 3 is 2.50 bits per heavy atom. The summed E-state index contributed by atoms with van der Waals surface area (Å²) in [5, 5.41) is 0. The molecular formula is C25H30N2O5. The molecule has 1 aliphatic heterocycles. The van der Waals surface area contributed by atoms with Gasteiger partial charge in [0.1, 0.15) is 6.04 Å². The van der Waals surface area contributed by atoms with Gasteiger partial charge in [-0.05, 0) is 43.0 Å². The van der Waals surface area contributed by atoms with Crippen molar-refractivity contribution in [2.45, 2.75) is 64.1 Å². The Kier molecular flexibility index (Phi) is 6.93. The van der Waals surface area contributed by atoms with Gasteiger partial charge < -0.3 is 19.0 Å². The zero-order chi connectivity index (χ0) is 22.5. The van der Waals surface area contributed by atoms with Gasteiger partial charge in [-0.15, -0.1) is 0 Å². The lowest BCUT2D eigenvalue weighted by Gasteiger charge is -2.35. The monoisotopic (exact) mass is 438 g/mol. The summed E-state index contributed by atoms with van der Waals surface area (Å²) in [5.41, 5.74) is 1.99. The second kappa shape index (κ2) is 10.0. The molecule has 7 nitrogen and oxygen atoms in total. The molecule has 1 aromatic carbocycles. The Balaban J connectivity index is 1.46. The Hall–Kier alpha value is -3.09. The third kappa shape index (κ3) is 4.71. The molecule has 0 bridgehead atoms. The van der Waals surface area contributed by atoms with Gasteiger partial charge in [0, 0.05) is 25.6 Å². The first-order valence-corrected chi connectivity index (χ1v) is 11.5. The molecule has 32 heavy (non-hydrogen) atoms. The van der Waals surface area contributed by atoms with Crippen molar-refractivity contribution in [1.29, 1.82) is 0 Å². The molecule has 2 aliphatic rings. The second-order valence-corrected chi connectivity index (χ2v) is 8.48. The average molecular weight is 439 g/mol. The number of likely N-dealkylation sites (N-methyl/N-ethyl adjacent to an activating group) is 1. The molecule has 7 heteroatoms. The maximum absolute atomic E-state index is 13.1. The molecule has 4 rings (SSSR count). The summed E-state index contributed by atoms with van der Waals surface area (Å²) in [6.07, 6.45) is 7.23. The minimum atomic E-state index is -0.806. The van der Waals surface area contributed by atoms with Crippen LogP contribution in [0.25, 0.3) is 0 Å². The molecule has 1 aromatic heterocycles. The van der Waals surface area contributed by atoms with Gasteiger partial charge in [0.15, 0.2) is 12.4 Å². The van der Waals surface area contributed by atoms with Crippen LogP contribution in [0.4, 0.5) is 0 Å². The molecule has 2 aromatic rings. The molecule has 1 fully saturated rings. The first-order chi connectivity index (χ1) is 15.6. The maximum Gasteiger partial charge on any atom is 0.329 e. The van der Waals surface area contributed by atoms with Gasteiger partial charge in [0.2, 0.25) is 0 Å². The van der Waals surface area contributed by atoms with E-state index in [0.717, 1.165) is 36.8 Å². The summed E-state index contributed by atoms with van der Waals surface area (Å²) in [4.78, 5) is 42.2. The normalized spacial score (nSPS) is 18.7. The number of fused-ring (bicyclic) bond motifs is 1. The van der Waals surface area contributed by atoms with E-state index in [1.807, 2.05) is 36.1 Å². The fourth-order valence-corrected chi connectivity index (χ4v) is 4.83. The van der Waals surface area contributed by atoms with Crippen LogP contribution in [0.1, 0.15) is 60.7 Å². The summed E-state index contributed by atoms with van der Waals surface area (Å²) in [7, 11) is 0. The lowest BCUT2D eigenvalue weighted by Crippen LogP contribution is -2.50. The number of carbonyl (C=O) groups is 3.